The standard InChI is InChI=1S/C61H118O17P2/c1-6-9-12-15-17-25-30-35-40-45-59(64)72-51-57(78-61(66)47-42-37-32-28-24-22-20-19-21-23-27-29-34-38-43-54(4)5)53-76-80(69,70)74-49-55(62)48-73-79(67,68)75-52-56(50-71-58(63)44-39-33-14-11-8-3)77-60(65)46-41-36-31-26-18-16-13-10-7-2/h54-57,62H,6-53H2,1-5H3,(H,67,68)(H,69,70)/t55-,56+,57+/m0/s1. The zero-order valence-electron chi connectivity index (χ0n) is 51.2. The minimum absolute atomic E-state index is 0.105. The van der Waals surface area contributed by atoms with Gasteiger partial charge >= 0.3 is 39.5 Å². The lowest BCUT2D eigenvalue weighted by molar-refractivity contribution is -0.161. The number of phosphoric acid groups is 2. The average molecular weight is 1190 g/mol. The maximum atomic E-state index is 12.9. The van der Waals surface area contributed by atoms with E-state index in [4.69, 9.17) is 37.0 Å². The van der Waals surface area contributed by atoms with E-state index in [2.05, 4.69) is 34.6 Å². The van der Waals surface area contributed by atoms with Gasteiger partial charge < -0.3 is 33.8 Å². The van der Waals surface area contributed by atoms with Gasteiger partial charge in [-0.3, -0.25) is 37.3 Å². The number of aliphatic hydroxyl groups is 1. The summed E-state index contributed by atoms with van der Waals surface area (Å²) in [5.74, 6) is -1.35. The summed E-state index contributed by atoms with van der Waals surface area (Å²) in [6.07, 6.45) is 37.9. The molecule has 0 saturated heterocycles. The normalized spacial score (nSPS) is 14.3. The van der Waals surface area contributed by atoms with Gasteiger partial charge in [-0.05, 0) is 31.6 Å². The lowest BCUT2D eigenvalue weighted by atomic mass is 10.0. The number of hydrogen-bond donors (Lipinski definition) is 3. The van der Waals surface area contributed by atoms with Crippen LogP contribution in [0.5, 0.6) is 0 Å². The summed E-state index contributed by atoms with van der Waals surface area (Å²) in [5, 5.41) is 10.5. The fourth-order valence-electron chi connectivity index (χ4n) is 9.05. The Bertz CT molecular complexity index is 1570. The Morgan fingerprint density at radius 3 is 0.850 bits per heavy atom. The zero-order chi connectivity index (χ0) is 59.2. The second kappa shape index (κ2) is 55.0. The van der Waals surface area contributed by atoms with Crippen molar-refractivity contribution in [3.8, 4) is 0 Å². The highest BCUT2D eigenvalue weighted by atomic mass is 31.2. The van der Waals surface area contributed by atoms with Crippen molar-refractivity contribution in [3.05, 3.63) is 0 Å². The molecule has 0 aromatic heterocycles. The number of hydrogen-bond acceptors (Lipinski definition) is 15. The molecule has 0 aliphatic heterocycles. The topological polar surface area (TPSA) is 237 Å². The van der Waals surface area contributed by atoms with Gasteiger partial charge in [0.2, 0.25) is 0 Å². The maximum Gasteiger partial charge on any atom is 0.472 e. The van der Waals surface area contributed by atoms with Crippen LogP contribution in [0.3, 0.4) is 0 Å². The van der Waals surface area contributed by atoms with Gasteiger partial charge in [-0.1, -0.05) is 253 Å². The van der Waals surface area contributed by atoms with Crippen LogP contribution in [0, 0.1) is 5.92 Å². The number of carbonyl (C=O) groups excluding carboxylic acids is 4. The molecular weight excluding hydrogens is 1070 g/mol. The number of unbranched alkanes of at least 4 members (excludes halogenated alkanes) is 33. The van der Waals surface area contributed by atoms with Gasteiger partial charge in [-0.2, -0.15) is 0 Å². The SMILES string of the molecule is CCCCCCCCCCCC(=O)OC[C@H](COP(=O)(O)OC[C@@H](O)COP(=O)(O)OC[C@@H](COC(=O)CCCCCCC)OC(=O)CCCCCCCCCCC)OC(=O)CCCCCCCCCCCCCCCCC(C)C. The third-order valence-electron chi connectivity index (χ3n) is 14.0. The van der Waals surface area contributed by atoms with Crippen LogP contribution in [0.15, 0.2) is 0 Å². The summed E-state index contributed by atoms with van der Waals surface area (Å²) < 4.78 is 67.6. The predicted molar refractivity (Wildman–Crippen MR) is 317 cm³/mol. The summed E-state index contributed by atoms with van der Waals surface area (Å²) in [7, 11) is -9.87. The number of aliphatic hydroxyl groups excluding tert-OH is 1. The Morgan fingerprint density at radius 2 is 0.575 bits per heavy atom. The molecule has 0 heterocycles. The molecule has 0 bridgehead atoms. The van der Waals surface area contributed by atoms with E-state index in [0.29, 0.717) is 25.7 Å². The second-order valence-electron chi connectivity index (χ2n) is 22.6. The highest BCUT2D eigenvalue weighted by Gasteiger charge is 2.30. The third-order valence-corrected chi connectivity index (χ3v) is 15.9. The molecule has 0 spiro atoms. The fourth-order valence-corrected chi connectivity index (χ4v) is 10.6. The Balaban J connectivity index is 5.12. The number of rotatable bonds is 61. The third kappa shape index (κ3) is 55.3. The number of esters is 4. The van der Waals surface area contributed by atoms with E-state index >= 15 is 0 Å². The van der Waals surface area contributed by atoms with E-state index in [0.717, 1.165) is 102 Å². The number of carbonyl (C=O) groups is 4. The van der Waals surface area contributed by atoms with Crippen molar-refractivity contribution in [2.45, 2.75) is 323 Å². The molecule has 0 radical (unpaired) electrons. The van der Waals surface area contributed by atoms with Crippen LogP contribution >= 0.6 is 15.6 Å². The molecule has 0 aromatic rings. The molecule has 5 atom stereocenters. The lowest BCUT2D eigenvalue weighted by Gasteiger charge is -2.21. The molecule has 474 valence electrons. The first kappa shape index (κ1) is 78.1. The Hall–Kier alpha value is -1.94. The van der Waals surface area contributed by atoms with E-state index in [1.807, 2.05) is 0 Å². The highest BCUT2D eigenvalue weighted by Crippen LogP contribution is 2.45. The van der Waals surface area contributed by atoms with Crippen LogP contribution < -0.4 is 0 Å². The molecule has 2 unspecified atom stereocenters. The van der Waals surface area contributed by atoms with Crippen LogP contribution in [-0.2, 0) is 65.4 Å². The van der Waals surface area contributed by atoms with E-state index in [9.17, 15) is 43.2 Å². The fraction of sp³-hybridized carbons (Fsp3) is 0.934. The average Bonchev–Trinajstić information content (AvgIpc) is 3.42. The van der Waals surface area contributed by atoms with Crippen molar-refractivity contribution in [2.75, 3.05) is 39.6 Å². The van der Waals surface area contributed by atoms with Crippen molar-refractivity contribution >= 4 is 39.5 Å². The molecule has 17 nitrogen and oxygen atoms in total. The minimum Gasteiger partial charge on any atom is -0.462 e. The quantitative estimate of drug-likeness (QED) is 0.0222. The van der Waals surface area contributed by atoms with Crippen molar-refractivity contribution < 1.29 is 80.2 Å². The molecular formula is C61H118O17P2. The van der Waals surface area contributed by atoms with Crippen molar-refractivity contribution in [2.24, 2.45) is 5.92 Å². The van der Waals surface area contributed by atoms with Crippen molar-refractivity contribution in [1.82, 2.24) is 0 Å². The summed E-state index contributed by atoms with van der Waals surface area (Å²) in [6, 6.07) is 0. The molecule has 80 heavy (non-hydrogen) atoms. The van der Waals surface area contributed by atoms with Crippen LogP contribution in [0.1, 0.15) is 304 Å². The van der Waals surface area contributed by atoms with E-state index in [1.165, 1.54) is 122 Å². The van der Waals surface area contributed by atoms with E-state index in [1.54, 1.807) is 0 Å². The summed E-state index contributed by atoms with van der Waals surface area (Å²) >= 11 is 0. The van der Waals surface area contributed by atoms with Crippen LogP contribution in [0.4, 0.5) is 0 Å². The molecule has 0 aliphatic rings. The summed E-state index contributed by atoms with van der Waals surface area (Å²) in [5.41, 5.74) is 0. The van der Waals surface area contributed by atoms with Crippen molar-refractivity contribution in [1.29, 1.82) is 0 Å². The number of phosphoric ester groups is 2. The molecule has 0 aromatic carbocycles. The molecule has 19 heteroatoms. The lowest BCUT2D eigenvalue weighted by Crippen LogP contribution is -2.30. The first-order valence-electron chi connectivity index (χ1n) is 32.1. The predicted octanol–water partition coefficient (Wildman–Crippen LogP) is 16.6. The molecule has 0 aliphatic carbocycles. The molecule has 3 N–H and O–H groups in total. The molecule has 0 saturated carbocycles. The van der Waals surface area contributed by atoms with Crippen LogP contribution in [-0.4, -0.2) is 96.7 Å². The highest BCUT2D eigenvalue weighted by molar-refractivity contribution is 7.47. The molecule has 0 amide bonds. The Morgan fingerprint density at radius 1 is 0.338 bits per heavy atom. The van der Waals surface area contributed by atoms with Gasteiger partial charge in [0.1, 0.15) is 19.3 Å². The van der Waals surface area contributed by atoms with Gasteiger partial charge in [-0.15, -0.1) is 0 Å². The first-order valence-corrected chi connectivity index (χ1v) is 35.1. The first-order chi connectivity index (χ1) is 38.5. The van der Waals surface area contributed by atoms with Gasteiger partial charge in [0.25, 0.3) is 0 Å². The minimum atomic E-state index is -4.94. The zero-order valence-corrected chi connectivity index (χ0v) is 53.0. The van der Waals surface area contributed by atoms with Crippen LogP contribution in [0.2, 0.25) is 0 Å². The smallest absolute Gasteiger partial charge is 0.462 e. The van der Waals surface area contributed by atoms with Gasteiger partial charge in [0.15, 0.2) is 12.2 Å². The van der Waals surface area contributed by atoms with Crippen molar-refractivity contribution in [3.63, 3.8) is 0 Å². The number of ether oxygens (including phenoxy) is 4. The van der Waals surface area contributed by atoms with E-state index in [-0.39, 0.29) is 25.7 Å². The summed E-state index contributed by atoms with van der Waals surface area (Å²) in [4.78, 5) is 71.7. The van der Waals surface area contributed by atoms with Gasteiger partial charge in [0, 0.05) is 25.7 Å². The largest absolute Gasteiger partial charge is 0.472 e. The second-order valence-corrected chi connectivity index (χ2v) is 25.5. The molecule has 0 rings (SSSR count). The Labute approximate surface area is 486 Å². The van der Waals surface area contributed by atoms with Crippen LogP contribution in [0.25, 0.3) is 0 Å². The van der Waals surface area contributed by atoms with E-state index < -0.39 is 97.5 Å². The maximum absolute atomic E-state index is 12.9. The monoisotopic (exact) mass is 1180 g/mol. The summed E-state index contributed by atoms with van der Waals surface area (Å²) in [6.45, 7) is 7.08. The Kier molecular flexibility index (Phi) is 53.6. The van der Waals surface area contributed by atoms with Gasteiger partial charge in [0.05, 0.1) is 26.4 Å². The molecule has 0 fully saturated rings. The van der Waals surface area contributed by atoms with Gasteiger partial charge in [-0.25, -0.2) is 9.13 Å².